The van der Waals surface area contributed by atoms with Gasteiger partial charge < -0.3 is 40.5 Å². The van der Waals surface area contributed by atoms with Crippen molar-refractivity contribution in [3.63, 3.8) is 0 Å². The third kappa shape index (κ3) is 10.5. The van der Waals surface area contributed by atoms with E-state index >= 15 is 0 Å². The van der Waals surface area contributed by atoms with Crippen molar-refractivity contribution >= 4 is 41.3 Å². The first-order valence-electron chi connectivity index (χ1n) is 16.1. The summed E-state index contributed by atoms with van der Waals surface area (Å²) in [6, 6.07) is 12.7. The van der Waals surface area contributed by atoms with Gasteiger partial charge in [-0.25, -0.2) is 9.59 Å². The molecular formula is C35H50Cl2N4O7. The number of ether oxygens (including phenoxy) is 2. The van der Waals surface area contributed by atoms with Crippen LogP contribution in [0.25, 0.3) is 0 Å². The molecule has 2 aliphatic heterocycles. The Balaban J connectivity index is 0.000000264. The van der Waals surface area contributed by atoms with Crippen LogP contribution < -0.4 is 11.1 Å². The molecule has 5 N–H and O–H groups in total. The molecule has 4 rings (SSSR count). The second kappa shape index (κ2) is 15.6. The standard InChI is InChI=1S/C19H27ClN2O4.C16H23ClN2O3/c1-5-16(23)21-15-12-22(17(24)26-18(2,3)4)11-10-19(15,25)13-6-8-14(20)9-7-13;1-15(2,3)22-14(20)19-9-8-16(21,13(18)10-19)11-4-6-12(17)7-5-11/h6-9,15,25H,5,10-12H2,1-4H3,(H,21,23);4-7,13,21H,8-10,18H2,1-3H3. The van der Waals surface area contributed by atoms with Gasteiger partial charge in [0.15, 0.2) is 0 Å². The van der Waals surface area contributed by atoms with E-state index in [0.29, 0.717) is 47.1 Å². The fourth-order valence-corrected chi connectivity index (χ4v) is 5.79. The molecule has 48 heavy (non-hydrogen) atoms. The van der Waals surface area contributed by atoms with Crippen molar-refractivity contribution < 1.29 is 34.1 Å². The Bertz CT molecular complexity index is 1410. The van der Waals surface area contributed by atoms with Crippen molar-refractivity contribution in [1.82, 2.24) is 15.1 Å². The first-order chi connectivity index (χ1) is 22.2. The Kier molecular flexibility index (Phi) is 12.8. The normalized spacial score (nSPS) is 24.6. The number of rotatable bonds is 4. The van der Waals surface area contributed by atoms with Crippen molar-refractivity contribution in [2.45, 2.75) is 102 Å². The lowest BCUT2D eigenvalue weighted by atomic mass is 9.80. The average molecular weight is 710 g/mol. The van der Waals surface area contributed by atoms with Crippen molar-refractivity contribution in [2.75, 3.05) is 26.2 Å². The van der Waals surface area contributed by atoms with E-state index in [2.05, 4.69) is 5.32 Å². The van der Waals surface area contributed by atoms with Crippen LogP contribution in [0.2, 0.25) is 10.0 Å². The Labute approximate surface area is 293 Å². The lowest BCUT2D eigenvalue weighted by Gasteiger charge is -2.45. The quantitative estimate of drug-likeness (QED) is 0.322. The van der Waals surface area contributed by atoms with E-state index in [1.165, 1.54) is 4.90 Å². The van der Waals surface area contributed by atoms with Crippen LogP contribution in [0.4, 0.5) is 9.59 Å². The van der Waals surface area contributed by atoms with Crippen LogP contribution in [0, 0.1) is 0 Å². The summed E-state index contributed by atoms with van der Waals surface area (Å²) in [4.78, 5) is 39.5. The van der Waals surface area contributed by atoms with E-state index in [1.807, 2.05) is 20.8 Å². The number of halogens is 2. The lowest BCUT2D eigenvalue weighted by molar-refractivity contribution is -0.126. The highest BCUT2D eigenvalue weighted by molar-refractivity contribution is 6.30. The predicted molar refractivity (Wildman–Crippen MR) is 186 cm³/mol. The number of hydrogen-bond donors (Lipinski definition) is 4. The van der Waals surface area contributed by atoms with Gasteiger partial charge in [-0.05, 0) is 83.4 Å². The fourth-order valence-electron chi connectivity index (χ4n) is 5.54. The second-order valence-electron chi connectivity index (χ2n) is 14.3. The molecule has 2 aromatic rings. The molecule has 2 aliphatic rings. The number of amides is 3. The fraction of sp³-hybridized carbons (Fsp3) is 0.571. The smallest absolute Gasteiger partial charge is 0.410 e. The summed E-state index contributed by atoms with van der Waals surface area (Å²) in [6.45, 7) is 13.7. The molecule has 2 fully saturated rings. The van der Waals surface area contributed by atoms with Crippen molar-refractivity contribution in [1.29, 1.82) is 0 Å². The first-order valence-corrected chi connectivity index (χ1v) is 16.9. The van der Waals surface area contributed by atoms with Gasteiger partial charge in [-0.2, -0.15) is 0 Å². The number of carbonyl (C=O) groups excluding carboxylic acids is 3. The van der Waals surface area contributed by atoms with Gasteiger partial charge in [-0.15, -0.1) is 0 Å². The third-order valence-electron chi connectivity index (χ3n) is 8.18. The first kappa shape index (κ1) is 39.3. The van der Waals surface area contributed by atoms with E-state index in [0.717, 1.165) is 0 Å². The Morgan fingerprint density at radius 1 is 0.792 bits per heavy atom. The van der Waals surface area contributed by atoms with Gasteiger partial charge in [0, 0.05) is 49.1 Å². The van der Waals surface area contributed by atoms with Crippen LogP contribution in [0.3, 0.4) is 0 Å². The van der Waals surface area contributed by atoms with E-state index in [4.69, 9.17) is 38.4 Å². The number of nitrogens with two attached hydrogens (primary N) is 1. The van der Waals surface area contributed by atoms with Crippen LogP contribution in [-0.2, 0) is 25.5 Å². The summed E-state index contributed by atoms with van der Waals surface area (Å²) >= 11 is 11.8. The van der Waals surface area contributed by atoms with Crippen LogP contribution in [-0.4, -0.2) is 87.6 Å². The Morgan fingerprint density at radius 2 is 1.19 bits per heavy atom. The van der Waals surface area contributed by atoms with Gasteiger partial charge in [0.25, 0.3) is 0 Å². The van der Waals surface area contributed by atoms with Crippen LogP contribution >= 0.6 is 23.2 Å². The number of nitrogens with one attached hydrogen (secondary N) is 1. The Morgan fingerprint density at radius 3 is 1.58 bits per heavy atom. The number of hydrogen-bond acceptors (Lipinski definition) is 8. The maximum Gasteiger partial charge on any atom is 0.410 e. The third-order valence-corrected chi connectivity index (χ3v) is 8.69. The maximum absolute atomic E-state index is 12.4. The molecule has 0 aliphatic carbocycles. The molecular weight excluding hydrogens is 659 g/mol. The van der Waals surface area contributed by atoms with Crippen molar-refractivity contribution in [3.05, 3.63) is 69.7 Å². The number of piperidine rings is 2. The summed E-state index contributed by atoms with van der Waals surface area (Å²) in [6.07, 6.45) is 0.0736. The zero-order chi connectivity index (χ0) is 36.1. The number of aliphatic hydroxyl groups is 2. The zero-order valence-electron chi connectivity index (χ0n) is 28.9. The highest BCUT2D eigenvalue weighted by atomic mass is 35.5. The summed E-state index contributed by atoms with van der Waals surface area (Å²) in [5, 5.41) is 26.2. The molecule has 2 heterocycles. The number of carbonyl (C=O) groups is 3. The topological polar surface area (TPSA) is 155 Å². The molecule has 0 spiro atoms. The summed E-state index contributed by atoms with van der Waals surface area (Å²) in [5.74, 6) is -0.187. The molecule has 266 valence electrons. The molecule has 0 bridgehead atoms. The van der Waals surface area contributed by atoms with Gasteiger partial charge in [0.1, 0.15) is 22.4 Å². The van der Waals surface area contributed by atoms with Crippen LogP contribution in [0.1, 0.15) is 78.9 Å². The largest absolute Gasteiger partial charge is 0.444 e. The van der Waals surface area contributed by atoms with Crippen LogP contribution in [0.5, 0.6) is 0 Å². The molecule has 4 unspecified atom stereocenters. The molecule has 0 radical (unpaired) electrons. The van der Waals surface area contributed by atoms with E-state index in [-0.39, 0.29) is 25.4 Å². The number of benzene rings is 2. The molecule has 11 nitrogen and oxygen atoms in total. The average Bonchev–Trinajstić information content (AvgIpc) is 2.98. The zero-order valence-corrected chi connectivity index (χ0v) is 30.4. The minimum absolute atomic E-state index is 0.166. The summed E-state index contributed by atoms with van der Waals surface area (Å²) in [7, 11) is 0. The van der Waals surface area contributed by atoms with Gasteiger partial charge in [-0.3, -0.25) is 4.79 Å². The number of nitrogens with zero attached hydrogens (tertiary/aromatic N) is 2. The molecule has 2 aromatic carbocycles. The van der Waals surface area contributed by atoms with E-state index < -0.39 is 46.7 Å². The second-order valence-corrected chi connectivity index (χ2v) is 15.2. The molecule has 0 aromatic heterocycles. The van der Waals surface area contributed by atoms with Crippen LogP contribution in [0.15, 0.2) is 48.5 Å². The maximum atomic E-state index is 12.4. The van der Waals surface area contributed by atoms with Gasteiger partial charge in [0.05, 0.1) is 12.1 Å². The van der Waals surface area contributed by atoms with E-state index in [1.54, 1.807) is 81.1 Å². The Hall–Kier alpha value is -3.09. The minimum atomic E-state index is -1.28. The molecule has 3 amide bonds. The SMILES string of the molecule is CC(C)(C)OC(=O)N1CCC(O)(c2ccc(Cl)cc2)C(N)C1.CCC(=O)NC1CN(C(=O)OC(C)(C)C)CCC1(O)c1ccc(Cl)cc1. The molecule has 2 saturated heterocycles. The lowest BCUT2D eigenvalue weighted by Crippen LogP contribution is -2.62. The molecule has 4 atom stereocenters. The minimum Gasteiger partial charge on any atom is -0.444 e. The van der Waals surface area contributed by atoms with Crippen molar-refractivity contribution in [3.8, 4) is 0 Å². The summed E-state index contributed by atoms with van der Waals surface area (Å²) < 4.78 is 10.8. The van der Waals surface area contributed by atoms with Gasteiger partial charge >= 0.3 is 12.2 Å². The van der Waals surface area contributed by atoms with E-state index in [9.17, 15) is 24.6 Å². The van der Waals surface area contributed by atoms with Crippen molar-refractivity contribution in [2.24, 2.45) is 5.73 Å². The number of likely N-dealkylation sites (tertiary alicyclic amines) is 2. The predicted octanol–water partition coefficient (Wildman–Crippen LogP) is 5.56. The molecule has 13 heteroatoms. The van der Waals surface area contributed by atoms with Gasteiger partial charge in [-0.1, -0.05) is 54.4 Å². The summed E-state index contributed by atoms with van der Waals surface area (Å²) in [5.41, 5.74) is 3.91. The molecule has 0 saturated carbocycles. The monoisotopic (exact) mass is 708 g/mol. The van der Waals surface area contributed by atoms with Gasteiger partial charge in [0.2, 0.25) is 5.91 Å². The highest BCUT2D eigenvalue weighted by Gasteiger charge is 2.46. The highest BCUT2D eigenvalue weighted by Crippen LogP contribution is 2.35.